The predicted octanol–water partition coefficient (Wildman–Crippen LogP) is 1.03. The molecule has 58 heavy (non-hydrogen) atoms. The van der Waals surface area contributed by atoms with Gasteiger partial charge in [0.2, 0.25) is 0 Å². The van der Waals surface area contributed by atoms with Gasteiger partial charge in [-0.1, -0.05) is 39.3 Å². The van der Waals surface area contributed by atoms with Crippen LogP contribution in [0.25, 0.3) is 0 Å². The Morgan fingerprint density at radius 1 is 0.879 bits per heavy atom. The summed E-state index contributed by atoms with van der Waals surface area (Å²) in [6.07, 6.45) is -8.23. The van der Waals surface area contributed by atoms with E-state index < -0.39 is 129 Å². The van der Waals surface area contributed by atoms with E-state index in [9.17, 15) is 53.5 Å². The molecule has 6 fully saturated rings. The number of fused-ring (bicyclic) bond motifs is 4. The van der Waals surface area contributed by atoms with E-state index in [4.69, 9.17) is 23.7 Å². The molecule has 8 N–H and O–H groups in total. The van der Waals surface area contributed by atoms with E-state index in [0.29, 0.717) is 51.4 Å². The topological polar surface area (TPSA) is 268 Å². The lowest BCUT2D eigenvalue weighted by molar-refractivity contribution is -0.354. The predicted molar refractivity (Wildman–Crippen MR) is 200 cm³/mol. The molecule has 4 aliphatic carbocycles. The molecule has 3 saturated heterocycles. The molecule has 0 aromatic rings. The van der Waals surface area contributed by atoms with Crippen molar-refractivity contribution in [3.05, 3.63) is 11.6 Å². The molecule has 3 saturated carbocycles. The fraction of sp³-hybridized carbons (Fsp3) is 0.925. The second-order valence-electron chi connectivity index (χ2n) is 20.1. The highest BCUT2D eigenvalue weighted by molar-refractivity contribution is 7.80. The molecule has 0 bridgehead atoms. The number of esters is 1. The third kappa shape index (κ3) is 6.66. The number of allylic oxidation sites excluding steroid dienone is 1. The van der Waals surface area contributed by atoms with Gasteiger partial charge in [0.25, 0.3) is 0 Å². The smallest absolute Gasteiger partial charge is 0.397 e. The van der Waals surface area contributed by atoms with Crippen molar-refractivity contribution in [1.82, 2.24) is 0 Å². The molecule has 0 amide bonds. The van der Waals surface area contributed by atoms with Crippen LogP contribution in [-0.2, 0) is 43.1 Å². The largest absolute Gasteiger partial charge is 0.456 e. The second kappa shape index (κ2) is 14.6. The molecule has 0 aromatic heterocycles. The van der Waals surface area contributed by atoms with Crippen LogP contribution in [0.3, 0.4) is 0 Å². The number of cyclic esters (lactones) is 1. The number of aliphatic hydroxyl groups is 7. The van der Waals surface area contributed by atoms with Gasteiger partial charge in [0.1, 0.15) is 53.2 Å². The molecule has 0 unspecified atom stereocenters. The molecule has 7 aliphatic rings. The molecule has 3 aliphatic heterocycles. The van der Waals surface area contributed by atoms with Crippen molar-refractivity contribution >= 4 is 16.4 Å². The van der Waals surface area contributed by atoms with Crippen molar-refractivity contribution in [2.24, 2.45) is 33.5 Å². The summed E-state index contributed by atoms with van der Waals surface area (Å²) in [4.78, 5) is 14.3. The standard InChI is InChI=1S/C40H64O17S/c1-34(2,47)12-8-13-38(7)39(48)16-15-37(6)20-9-10-24-35(3,4)26(11-14-36(24,5)21(20)17-25(42)40(37,39)33(46)56-38)54-32-30(28(44)23(19-53-32)57-58(49,50)51)55-31-29(45)27(43)22(41)18-52-31/h17,20,22-32,41-45,47-48H,8-16,18-19H2,1-7H3,(H,49,50,51)/t20-,22-,23-,24+,25+,26+,27+,28+,29-,30-,31+,32+,36-,37+,38+,39+,40-/m1/s1. The molecule has 7 rings (SSSR count). The summed E-state index contributed by atoms with van der Waals surface area (Å²) in [7, 11) is -5.03. The number of carbonyl (C=O) groups is 1. The zero-order valence-electron chi connectivity index (χ0n) is 34.4. The fourth-order valence-electron chi connectivity index (χ4n) is 13.0. The van der Waals surface area contributed by atoms with Gasteiger partial charge in [-0.05, 0) is 107 Å². The van der Waals surface area contributed by atoms with Crippen molar-refractivity contribution in [3.63, 3.8) is 0 Å². The van der Waals surface area contributed by atoms with Gasteiger partial charge in [-0.2, -0.15) is 8.42 Å². The Morgan fingerprint density at radius 2 is 1.55 bits per heavy atom. The van der Waals surface area contributed by atoms with Crippen LogP contribution >= 0.6 is 0 Å². The van der Waals surface area contributed by atoms with E-state index in [0.717, 1.165) is 5.57 Å². The maximum Gasteiger partial charge on any atom is 0.397 e. The minimum Gasteiger partial charge on any atom is -0.456 e. The van der Waals surface area contributed by atoms with Gasteiger partial charge in [-0.25, -0.2) is 4.18 Å². The van der Waals surface area contributed by atoms with Gasteiger partial charge in [0, 0.05) is 0 Å². The maximum atomic E-state index is 14.3. The molecular weight excluding hydrogens is 784 g/mol. The highest BCUT2D eigenvalue weighted by Crippen LogP contribution is 2.77. The minimum atomic E-state index is -5.03. The summed E-state index contributed by atoms with van der Waals surface area (Å²) >= 11 is 0. The molecule has 3 heterocycles. The van der Waals surface area contributed by atoms with E-state index in [1.54, 1.807) is 20.8 Å². The summed E-state index contributed by atoms with van der Waals surface area (Å²) in [6.45, 7) is 12.6. The summed E-state index contributed by atoms with van der Waals surface area (Å²) < 4.78 is 67.2. The summed E-state index contributed by atoms with van der Waals surface area (Å²) in [5, 5.41) is 77.6. The SMILES string of the molecule is CC(C)(O)CCC[C@]1(C)OC(=O)[C@]23[C@@H](O)C=C4[C@@H](CC[C@H]5C(C)(C)[C@@H](O[C@@H]6OC[C@@H](OS(=O)(=O)O)[C@H](O)[C@H]6O[C@@H]6OC[C@@H](O)[C@H](O)[C@H]6O)CC[C@]45C)[C@]2(C)CC[C@@]31O. The van der Waals surface area contributed by atoms with Crippen molar-refractivity contribution in [3.8, 4) is 0 Å². The summed E-state index contributed by atoms with van der Waals surface area (Å²) in [5.41, 5.74) is -6.24. The average molecular weight is 849 g/mol. The lowest BCUT2D eigenvalue weighted by atomic mass is 9.40. The number of ether oxygens (including phenoxy) is 5. The van der Waals surface area contributed by atoms with Crippen molar-refractivity contribution in [2.45, 2.75) is 184 Å². The van der Waals surface area contributed by atoms with Gasteiger partial charge >= 0.3 is 16.4 Å². The Kier molecular flexibility index (Phi) is 11.3. The van der Waals surface area contributed by atoms with Gasteiger partial charge in [-0.15, -0.1) is 0 Å². The minimum absolute atomic E-state index is 0.0300. The van der Waals surface area contributed by atoms with Gasteiger partial charge in [-0.3, -0.25) is 9.35 Å². The molecule has 1 spiro atoms. The zero-order valence-corrected chi connectivity index (χ0v) is 35.3. The summed E-state index contributed by atoms with van der Waals surface area (Å²) in [6, 6.07) is 0. The molecule has 18 heteroatoms. The Bertz CT molecular complexity index is 1730. The van der Waals surface area contributed by atoms with E-state index in [1.807, 2.05) is 13.0 Å². The Labute approximate surface area is 339 Å². The highest BCUT2D eigenvalue weighted by atomic mass is 32.3. The first-order valence-electron chi connectivity index (χ1n) is 20.7. The van der Waals surface area contributed by atoms with Crippen LogP contribution in [0.2, 0.25) is 0 Å². The van der Waals surface area contributed by atoms with Crippen molar-refractivity contribution in [1.29, 1.82) is 0 Å². The number of rotatable bonds is 10. The average Bonchev–Trinajstić information content (AvgIpc) is 3.47. The third-order valence-electron chi connectivity index (χ3n) is 16.0. The Balaban J connectivity index is 1.14. The van der Waals surface area contributed by atoms with Gasteiger partial charge < -0.3 is 59.4 Å². The monoisotopic (exact) mass is 848 g/mol. The molecule has 332 valence electrons. The van der Waals surface area contributed by atoms with E-state index in [2.05, 4.69) is 25.0 Å². The lowest BCUT2D eigenvalue weighted by Crippen LogP contribution is -2.68. The quantitative estimate of drug-likeness (QED) is 0.0660. The second-order valence-corrected chi connectivity index (χ2v) is 21.2. The van der Waals surface area contributed by atoms with Crippen LogP contribution in [-0.4, -0.2) is 146 Å². The normalized spacial score (nSPS) is 50.3. The Morgan fingerprint density at radius 3 is 2.21 bits per heavy atom. The molecule has 17 nitrogen and oxygen atoms in total. The number of hydrogen-bond acceptors (Lipinski definition) is 16. The summed E-state index contributed by atoms with van der Waals surface area (Å²) in [5.74, 6) is -0.755. The van der Waals surface area contributed by atoms with Gasteiger partial charge in [0.15, 0.2) is 12.6 Å². The lowest BCUT2D eigenvalue weighted by Gasteiger charge is -2.64. The van der Waals surface area contributed by atoms with Crippen molar-refractivity contribution in [2.75, 3.05) is 13.2 Å². The van der Waals surface area contributed by atoms with E-state index in [-0.39, 0.29) is 18.3 Å². The van der Waals surface area contributed by atoms with Crippen LogP contribution < -0.4 is 0 Å². The first kappa shape index (κ1) is 44.7. The fourth-order valence-corrected chi connectivity index (χ4v) is 13.4. The molecule has 17 atom stereocenters. The van der Waals surface area contributed by atoms with Crippen molar-refractivity contribution < 1.29 is 81.4 Å². The number of hydrogen-bond donors (Lipinski definition) is 8. The van der Waals surface area contributed by atoms with Crippen LogP contribution in [0.4, 0.5) is 0 Å². The maximum absolute atomic E-state index is 14.3. The van der Waals surface area contributed by atoms with Crippen LogP contribution in [0, 0.1) is 33.5 Å². The first-order chi connectivity index (χ1) is 26.7. The van der Waals surface area contributed by atoms with Crippen LogP contribution in [0.5, 0.6) is 0 Å². The third-order valence-corrected chi connectivity index (χ3v) is 16.5. The number of carbonyl (C=O) groups excluding carboxylic acids is 1. The molecular formula is C40H64O17S. The van der Waals surface area contributed by atoms with Crippen LogP contribution in [0.1, 0.15) is 106 Å². The number of aliphatic hydroxyl groups excluding tert-OH is 5. The zero-order chi connectivity index (χ0) is 42.8. The molecule has 0 aromatic carbocycles. The van der Waals surface area contributed by atoms with Crippen LogP contribution in [0.15, 0.2) is 11.6 Å². The van der Waals surface area contributed by atoms with E-state index in [1.165, 1.54) is 0 Å². The highest BCUT2D eigenvalue weighted by Gasteiger charge is 2.85. The van der Waals surface area contributed by atoms with Gasteiger partial charge in [0.05, 0.1) is 31.0 Å². The molecule has 0 radical (unpaired) electrons. The van der Waals surface area contributed by atoms with E-state index >= 15 is 0 Å². The first-order valence-corrected chi connectivity index (χ1v) is 22.0. The Hall–Kier alpha value is -1.36.